The molecule has 1 heterocycles. The van der Waals surface area contributed by atoms with Crippen molar-refractivity contribution in [3.8, 4) is 0 Å². The van der Waals surface area contributed by atoms with Crippen LogP contribution in [0.15, 0.2) is 58.4 Å². The fourth-order valence-electron chi connectivity index (χ4n) is 2.41. The predicted octanol–water partition coefficient (Wildman–Crippen LogP) is 1.23. The van der Waals surface area contributed by atoms with Crippen molar-refractivity contribution in [1.82, 2.24) is 15.6 Å². The van der Waals surface area contributed by atoms with Gasteiger partial charge in [0.15, 0.2) is 0 Å². The van der Waals surface area contributed by atoms with Gasteiger partial charge in [0.05, 0.1) is 4.90 Å². The first-order valence-corrected chi connectivity index (χ1v) is 9.70. The largest absolute Gasteiger partial charge is 0.271 e. The predicted molar refractivity (Wildman–Crippen MR) is 99.8 cm³/mol. The number of amides is 2. The average molecular weight is 407 g/mol. The molecular weight excluding hydrogens is 392 g/mol. The van der Waals surface area contributed by atoms with Crippen LogP contribution >= 0.6 is 11.6 Å². The summed E-state index contributed by atoms with van der Waals surface area (Å²) >= 11 is 5.82. The molecule has 3 N–H and O–H groups in total. The van der Waals surface area contributed by atoms with E-state index in [4.69, 9.17) is 11.6 Å². The highest BCUT2D eigenvalue weighted by Gasteiger charge is 2.31. The zero-order valence-corrected chi connectivity index (χ0v) is 15.6. The van der Waals surface area contributed by atoms with Crippen LogP contribution in [0, 0.1) is 0 Å². The molecular formula is C17H15ClN4O4S. The van der Waals surface area contributed by atoms with Crippen molar-refractivity contribution in [2.24, 2.45) is 4.99 Å². The number of nitrogens with zero attached hydrogens (tertiary/aromatic N) is 1. The molecule has 10 heteroatoms. The molecule has 2 aromatic rings. The molecule has 1 aliphatic heterocycles. The number of rotatable bonds is 3. The second kappa shape index (κ2) is 7.37. The Kier molecular flexibility index (Phi) is 5.15. The third-order valence-corrected chi connectivity index (χ3v) is 5.38. The van der Waals surface area contributed by atoms with Crippen LogP contribution in [0.4, 0.5) is 0 Å². The molecule has 0 bridgehead atoms. The number of benzene rings is 2. The Balaban J connectivity index is 1.68. The number of carbonyl (C=O) groups is 2. The van der Waals surface area contributed by atoms with Gasteiger partial charge in [-0.1, -0.05) is 29.8 Å². The van der Waals surface area contributed by atoms with Crippen molar-refractivity contribution < 1.29 is 18.0 Å². The lowest BCUT2D eigenvalue weighted by atomic mass is 10.2. The first kappa shape index (κ1) is 18.9. The number of sulfonamides is 1. The van der Waals surface area contributed by atoms with Gasteiger partial charge in [0.1, 0.15) is 11.9 Å². The molecule has 2 amide bonds. The number of amidine groups is 1. The van der Waals surface area contributed by atoms with Gasteiger partial charge in [-0.3, -0.25) is 30.2 Å². The molecule has 3 rings (SSSR count). The maximum Gasteiger partial charge on any atom is 0.269 e. The molecule has 2 aromatic carbocycles. The highest BCUT2D eigenvalue weighted by Crippen LogP contribution is 2.22. The van der Waals surface area contributed by atoms with E-state index in [1.54, 1.807) is 36.4 Å². The number of halogens is 1. The van der Waals surface area contributed by atoms with E-state index in [9.17, 15) is 18.0 Å². The van der Waals surface area contributed by atoms with Gasteiger partial charge >= 0.3 is 0 Å². The van der Waals surface area contributed by atoms with E-state index in [1.165, 1.54) is 19.1 Å². The first-order chi connectivity index (χ1) is 12.8. The van der Waals surface area contributed by atoms with Crippen LogP contribution in [0.1, 0.15) is 22.8 Å². The SMILES string of the molecule is C[C@H](N=C1NS(=O)(=O)c2ccccc21)C(=O)NNC(=O)c1cccc(Cl)c1. The number of fused-ring (bicyclic) bond motifs is 1. The van der Waals surface area contributed by atoms with E-state index in [0.29, 0.717) is 10.6 Å². The molecule has 0 aliphatic carbocycles. The summed E-state index contributed by atoms with van der Waals surface area (Å²) < 4.78 is 26.4. The average Bonchev–Trinajstić information content (AvgIpc) is 2.90. The molecule has 1 atom stereocenters. The quantitative estimate of drug-likeness (QED) is 0.664. The highest BCUT2D eigenvalue weighted by atomic mass is 35.5. The molecule has 8 nitrogen and oxygen atoms in total. The van der Waals surface area contributed by atoms with E-state index in [-0.39, 0.29) is 16.3 Å². The van der Waals surface area contributed by atoms with Crippen LogP contribution in [-0.4, -0.2) is 32.1 Å². The minimum atomic E-state index is -3.69. The number of nitrogens with one attached hydrogen (secondary N) is 3. The van der Waals surface area contributed by atoms with Crippen molar-refractivity contribution in [3.63, 3.8) is 0 Å². The zero-order valence-electron chi connectivity index (χ0n) is 14.1. The fourth-order valence-corrected chi connectivity index (χ4v) is 3.84. The number of hydrazine groups is 1. The van der Waals surface area contributed by atoms with E-state index < -0.39 is 27.9 Å². The lowest BCUT2D eigenvalue weighted by Gasteiger charge is -2.11. The lowest BCUT2D eigenvalue weighted by Crippen LogP contribution is -2.45. The number of aliphatic imine (C=N–C) groups is 1. The Morgan fingerprint density at radius 1 is 1.11 bits per heavy atom. The Morgan fingerprint density at radius 2 is 1.85 bits per heavy atom. The maximum absolute atomic E-state index is 12.2. The molecule has 1 aliphatic rings. The summed E-state index contributed by atoms with van der Waals surface area (Å²) in [6.07, 6.45) is 0. The van der Waals surface area contributed by atoms with Gasteiger partial charge in [-0.25, -0.2) is 8.42 Å². The Morgan fingerprint density at radius 3 is 2.59 bits per heavy atom. The van der Waals surface area contributed by atoms with Crippen molar-refractivity contribution in [2.75, 3.05) is 0 Å². The topological polar surface area (TPSA) is 117 Å². The number of carbonyl (C=O) groups excluding carboxylic acids is 2. The van der Waals surface area contributed by atoms with Crippen LogP contribution in [0.3, 0.4) is 0 Å². The molecule has 0 saturated heterocycles. The standard InChI is InChI=1S/C17H15ClN4O4S/c1-10(16(23)20-21-17(24)11-5-4-6-12(18)9-11)19-15-13-7-2-3-8-14(13)27(25,26)22-15/h2-10H,1H3,(H,19,22)(H,20,23)(H,21,24)/t10-/m0/s1. The summed E-state index contributed by atoms with van der Waals surface area (Å²) in [6, 6.07) is 11.6. The summed E-state index contributed by atoms with van der Waals surface area (Å²) in [5.74, 6) is -1.08. The normalized spacial score (nSPS) is 16.9. The van der Waals surface area contributed by atoms with E-state index >= 15 is 0 Å². The number of hydrogen-bond acceptors (Lipinski definition) is 5. The van der Waals surface area contributed by atoms with Crippen LogP contribution < -0.4 is 15.6 Å². The zero-order chi connectivity index (χ0) is 19.6. The van der Waals surface area contributed by atoms with E-state index in [0.717, 1.165) is 0 Å². The minimum Gasteiger partial charge on any atom is -0.271 e. The molecule has 0 spiro atoms. The molecule has 0 fully saturated rings. The fraction of sp³-hybridized carbons (Fsp3) is 0.118. The molecule has 0 aromatic heterocycles. The van der Waals surface area contributed by atoms with Gasteiger partial charge in [-0.15, -0.1) is 0 Å². The Hall–Kier alpha value is -2.91. The highest BCUT2D eigenvalue weighted by molar-refractivity contribution is 7.90. The maximum atomic E-state index is 12.2. The summed E-state index contributed by atoms with van der Waals surface area (Å²) in [5.41, 5.74) is 5.18. The molecule has 0 unspecified atom stereocenters. The van der Waals surface area contributed by atoms with Gasteiger partial charge in [0.25, 0.3) is 21.8 Å². The Labute approximate surface area is 160 Å². The third-order valence-electron chi connectivity index (χ3n) is 3.75. The second-order valence-electron chi connectivity index (χ2n) is 5.71. The van der Waals surface area contributed by atoms with Gasteiger partial charge in [0, 0.05) is 16.1 Å². The van der Waals surface area contributed by atoms with Gasteiger partial charge < -0.3 is 0 Å². The van der Waals surface area contributed by atoms with Crippen LogP contribution in [-0.2, 0) is 14.8 Å². The summed E-state index contributed by atoms with van der Waals surface area (Å²) in [7, 11) is -3.69. The monoisotopic (exact) mass is 406 g/mol. The van der Waals surface area contributed by atoms with Crippen molar-refractivity contribution in [2.45, 2.75) is 17.9 Å². The van der Waals surface area contributed by atoms with Gasteiger partial charge in [0.2, 0.25) is 0 Å². The second-order valence-corrected chi connectivity index (χ2v) is 7.80. The summed E-state index contributed by atoms with van der Waals surface area (Å²) in [5, 5.41) is 0.390. The molecule has 140 valence electrons. The van der Waals surface area contributed by atoms with E-state index in [2.05, 4.69) is 20.6 Å². The lowest BCUT2D eigenvalue weighted by molar-refractivity contribution is -0.122. The van der Waals surface area contributed by atoms with Crippen molar-refractivity contribution in [3.05, 3.63) is 64.7 Å². The van der Waals surface area contributed by atoms with Crippen LogP contribution in [0.2, 0.25) is 5.02 Å². The van der Waals surface area contributed by atoms with Crippen LogP contribution in [0.25, 0.3) is 0 Å². The first-order valence-electron chi connectivity index (χ1n) is 7.84. The van der Waals surface area contributed by atoms with Crippen LogP contribution in [0.5, 0.6) is 0 Å². The smallest absolute Gasteiger partial charge is 0.269 e. The molecule has 0 radical (unpaired) electrons. The molecule has 0 saturated carbocycles. The van der Waals surface area contributed by atoms with Gasteiger partial charge in [-0.2, -0.15) is 0 Å². The Bertz CT molecular complexity index is 1050. The molecule has 27 heavy (non-hydrogen) atoms. The summed E-state index contributed by atoms with van der Waals surface area (Å²) in [6.45, 7) is 1.48. The van der Waals surface area contributed by atoms with Gasteiger partial charge in [-0.05, 0) is 37.3 Å². The van der Waals surface area contributed by atoms with E-state index in [1.807, 2.05) is 0 Å². The number of hydrogen-bond donors (Lipinski definition) is 3. The minimum absolute atomic E-state index is 0.0782. The summed E-state index contributed by atoms with van der Waals surface area (Å²) in [4.78, 5) is 28.4. The van der Waals surface area contributed by atoms with Crippen molar-refractivity contribution >= 4 is 39.3 Å². The third kappa shape index (κ3) is 4.09. The van der Waals surface area contributed by atoms with Crippen molar-refractivity contribution in [1.29, 1.82) is 0 Å².